The molecule has 0 aromatic rings. The first-order valence-corrected chi connectivity index (χ1v) is 6.39. The van der Waals surface area contributed by atoms with Crippen LogP contribution in [0, 0.1) is 11.3 Å². The molecule has 0 spiro atoms. The second kappa shape index (κ2) is 4.22. The van der Waals surface area contributed by atoms with Gasteiger partial charge in [-0.2, -0.15) is 0 Å². The minimum absolute atomic E-state index is 0.669. The second-order valence-corrected chi connectivity index (χ2v) is 5.89. The van der Waals surface area contributed by atoms with Crippen molar-refractivity contribution in [3.05, 3.63) is 0 Å². The van der Waals surface area contributed by atoms with Crippen molar-refractivity contribution in [3.63, 3.8) is 0 Å². The van der Waals surface area contributed by atoms with Gasteiger partial charge in [-0.25, -0.2) is 0 Å². The maximum absolute atomic E-state index is 3.44. The largest absolute Gasteiger partial charge is 0.317 e. The van der Waals surface area contributed by atoms with Crippen molar-refractivity contribution in [3.8, 4) is 0 Å². The van der Waals surface area contributed by atoms with Gasteiger partial charge < -0.3 is 5.32 Å². The quantitative estimate of drug-likeness (QED) is 0.728. The van der Waals surface area contributed by atoms with Gasteiger partial charge in [-0.15, -0.1) is 0 Å². The summed E-state index contributed by atoms with van der Waals surface area (Å²) in [5, 5.41) is 3.44. The van der Waals surface area contributed by atoms with E-state index in [1.807, 2.05) is 0 Å². The van der Waals surface area contributed by atoms with Crippen LogP contribution in [0.2, 0.25) is 0 Å². The van der Waals surface area contributed by atoms with Crippen LogP contribution in [0.4, 0.5) is 0 Å². The molecule has 82 valence electrons. The summed E-state index contributed by atoms with van der Waals surface area (Å²) in [6.45, 7) is 2.52. The molecule has 0 bridgehead atoms. The van der Waals surface area contributed by atoms with E-state index in [4.69, 9.17) is 0 Å². The van der Waals surface area contributed by atoms with Crippen LogP contribution in [-0.4, -0.2) is 13.1 Å². The number of hydrogen-bond acceptors (Lipinski definition) is 1. The van der Waals surface area contributed by atoms with Crippen LogP contribution >= 0.6 is 0 Å². The maximum atomic E-state index is 3.44. The Morgan fingerprint density at radius 1 is 1.21 bits per heavy atom. The van der Waals surface area contributed by atoms with Crippen molar-refractivity contribution in [2.45, 2.75) is 64.3 Å². The summed E-state index contributed by atoms with van der Waals surface area (Å²) >= 11 is 0. The first-order valence-electron chi connectivity index (χ1n) is 6.39. The molecule has 0 radical (unpaired) electrons. The van der Waals surface area contributed by atoms with Gasteiger partial charge in [0.1, 0.15) is 0 Å². The van der Waals surface area contributed by atoms with Crippen molar-refractivity contribution < 1.29 is 0 Å². The smallest absolute Gasteiger partial charge is 0.00694 e. The molecule has 2 aliphatic carbocycles. The van der Waals surface area contributed by atoms with E-state index in [1.54, 1.807) is 0 Å². The lowest BCUT2D eigenvalue weighted by atomic mass is 9.79. The van der Waals surface area contributed by atoms with Crippen molar-refractivity contribution in [1.29, 1.82) is 0 Å². The summed E-state index contributed by atoms with van der Waals surface area (Å²) in [6.07, 6.45) is 11.8. The molecule has 2 atom stereocenters. The second-order valence-electron chi connectivity index (χ2n) is 5.89. The Morgan fingerprint density at radius 2 is 1.93 bits per heavy atom. The number of rotatable bonds is 3. The molecule has 0 aliphatic heterocycles. The zero-order valence-electron chi connectivity index (χ0n) is 9.81. The minimum Gasteiger partial charge on any atom is -0.317 e. The molecule has 1 nitrogen and oxygen atoms in total. The van der Waals surface area contributed by atoms with Crippen molar-refractivity contribution in [1.82, 2.24) is 5.32 Å². The maximum Gasteiger partial charge on any atom is 0.00694 e. The van der Waals surface area contributed by atoms with Gasteiger partial charge >= 0.3 is 0 Å². The highest BCUT2D eigenvalue weighted by molar-refractivity contribution is 4.90. The molecular weight excluding hydrogens is 170 g/mol. The lowest BCUT2D eigenvalue weighted by Crippen LogP contribution is -2.24. The lowest BCUT2D eigenvalue weighted by Gasteiger charge is -2.27. The van der Waals surface area contributed by atoms with Crippen LogP contribution in [0.15, 0.2) is 0 Å². The van der Waals surface area contributed by atoms with Gasteiger partial charge in [0.2, 0.25) is 0 Å². The lowest BCUT2D eigenvalue weighted by molar-refractivity contribution is 0.243. The first-order chi connectivity index (χ1) is 6.72. The monoisotopic (exact) mass is 195 g/mol. The van der Waals surface area contributed by atoms with Crippen molar-refractivity contribution in [2.75, 3.05) is 7.05 Å². The minimum atomic E-state index is 0.669. The number of nitrogens with one attached hydrogen (secondary N) is 1. The van der Waals surface area contributed by atoms with E-state index in [2.05, 4.69) is 19.3 Å². The van der Waals surface area contributed by atoms with Crippen LogP contribution < -0.4 is 5.32 Å². The highest BCUT2D eigenvalue weighted by Gasteiger charge is 2.36. The number of hydrogen-bond donors (Lipinski definition) is 1. The van der Waals surface area contributed by atoms with Gasteiger partial charge in [-0.3, -0.25) is 0 Å². The van der Waals surface area contributed by atoms with Crippen molar-refractivity contribution >= 4 is 0 Å². The molecule has 14 heavy (non-hydrogen) atoms. The third-order valence-corrected chi connectivity index (χ3v) is 4.50. The highest BCUT2D eigenvalue weighted by atomic mass is 14.9. The summed E-state index contributed by atoms with van der Waals surface area (Å²) in [4.78, 5) is 0. The predicted octanol–water partition coefficient (Wildman–Crippen LogP) is 3.34. The molecule has 0 aromatic heterocycles. The summed E-state index contributed by atoms with van der Waals surface area (Å²) in [7, 11) is 2.12. The summed E-state index contributed by atoms with van der Waals surface area (Å²) < 4.78 is 0. The fourth-order valence-corrected chi connectivity index (χ4v) is 3.66. The molecule has 0 amide bonds. The Morgan fingerprint density at radius 3 is 2.50 bits per heavy atom. The molecule has 0 aromatic carbocycles. The van der Waals surface area contributed by atoms with E-state index >= 15 is 0 Å². The summed E-state index contributed by atoms with van der Waals surface area (Å²) in [5.41, 5.74) is 0.669. The fraction of sp³-hybridized carbons (Fsp3) is 1.00. The SMILES string of the molecule is CNC1CCC(C)(CC2CCCC2)C1. The van der Waals surface area contributed by atoms with Crippen LogP contribution in [-0.2, 0) is 0 Å². The summed E-state index contributed by atoms with van der Waals surface area (Å²) in [5.74, 6) is 1.07. The third-order valence-electron chi connectivity index (χ3n) is 4.50. The topological polar surface area (TPSA) is 12.0 Å². The average molecular weight is 195 g/mol. The zero-order valence-corrected chi connectivity index (χ0v) is 9.81. The van der Waals surface area contributed by atoms with E-state index in [1.165, 1.54) is 51.4 Å². The molecule has 2 fully saturated rings. The van der Waals surface area contributed by atoms with Gasteiger partial charge in [0, 0.05) is 6.04 Å². The van der Waals surface area contributed by atoms with E-state index in [0.29, 0.717) is 5.41 Å². The molecule has 2 rings (SSSR count). The molecule has 2 aliphatic rings. The zero-order chi connectivity index (χ0) is 10.0. The Balaban J connectivity index is 1.83. The van der Waals surface area contributed by atoms with Crippen LogP contribution in [0.1, 0.15) is 58.3 Å². The Hall–Kier alpha value is -0.0400. The normalized spacial score (nSPS) is 39.4. The van der Waals surface area contributed by atoms with E-state index in [0.717, 1.165) is 12.0 Å². The van der Waals surface area contributed by atoms with Crippen LogP contribution in [0.25, 0.3) is 0 Å². The Labute approximate surface area is 88.7 Å². The predicted molar refractivity (Wildman–Crippen MR) is 61.4 cm³/mol. The highest BCUT2D eigenvalue weighted by Crippen LogP contribution is 2.45. The van der Waals surface area contributed by atoms with Crippen molar-refractivity contribution in [2.24, 2.45) is 11.3 Å². The molecule has 0 saturated heterocycles. The summed E-state index contributed by atoms with van der Waals surface area (Å²) in [6, 6.07) is 0.807. The Bertz CT molecular complexity index is 184. The average Bonchev–Trinajstić information content (AvgIpc) is 2.76. The molecule has 0 heterocycles. The standard InChI is InChI=1S/C13H25N/c1-13(8-7-12(10-13)14-2)9-11-5-3-4-6-11/h11-12,14H,3-10H2,1-2H3. The third kappa shape index (κ3) is 2.31. The van der Waals surface area contributed by atoms with Crippen LogP contribution in [0.3, 0.4) is 0 Å². The Kier molecular flexibility index (Phi) is 3.16. The van der Waals surface area contributed by atoms with Gasteiger partial charge in [0.05, 0.1) is 0 Å². The van der Waals surface area contributed by atoms with Gasteiger partial charge in [0.25, 0.3) is 0 Å². The van der Waals surface area contributed by atoms with Gasteiger partial charge in [-0.05, 0) is 44.1 Å². The molecule has 2 saturated carbocycles. The van der Waals surface area contributed by atoms with E-state index in [9.17, 15) is 0 Å². The first kappa shape index (κ1) is 10.5. The van der Waals surface area contributed by atoms with E-state index in [-0.39, 0.29) is 0 Å². The van der Waals surface area contributed by atoms with Gasteiger partial charge in [0.15, 0.2) is 0 Å². The van der Waals surface area contributed by atoms with Crippen LogP contribution in [0.5, 0.6) is 0 Å². The van der Waals surface area contributed by atoms with E-state index < -0.39 is 0 Å². The fourth-order valence-electron chi connectivity index (χ4n) is 3.66. The molecule has 1 heteroatoms. The molecule has 1 N–H and O–H groups in total. The molecular formula is C13H25N. The molecule has 2 unspecified atom stereocenters. The van der Waals surface area contributed by atoms with Gasteiger partial charge in [-0.1, -0.05) is 32.6 Å².